The summed E-state index contributed by atoms with van der Waals surface area (Å²) in [6, 6.07) is 3.08. The molecular formula is C20H22F2N4O3. The lowest BCUT2D eigenvalue weighted by molar-refractivity contribution is 0.0663. The molecule has 1 aliphatic heterocycles. The first-order chi connectivity index (χ1) is 13.8. The van der Waals surface area contributed by atoms with E-state index in [1.807, 2.05) is 13.8 Å². The van der Waals surface area contributed by atoms with Crippen LogP contribution >= 0.6 is 0 Å². The number of carbonyl (C=O) groups is 1. The zero-order chi connectivity index (χ0) is 20.7. The fourth-order valence-electron chi connectivity index (χ4n) is 3.75. The first-order valence-corrected chi connectivity index (χ1v) is 9.66. The molecule has 0 radical (unpaired) electrons. The second-order valence-corrected chi connectivity index (χ2v) is 7.75. The maximum Gasteiger partial charge on any atom is 0.292 e. The number of hydrogen-bond donors (Lipinski definition) is 0. The number of carbonyl (C=O) groups excluding carboxylic acids is 1. The van der Waals surface area contributed by atoms with E-state index >= 15 is 0 Å². The summed E-state index contributed by atoms with van der Waals surface area (Å²) in [7, 11) is 0. The zero-order valence-electron chi connectivity index (χ0n) is 16.5. The third-order valence-electron chi connectivity index (χ3n) is 5.36. The largest absolute Gasteiger partial charge is 0.351 e. The maximum absolute atomic E-state index is 13.6. The number of halogens is 2. The second kappa shape index (κ2) is 7.53. The standard InChI is InChI=1S/C20H22F2N4O3/c1-10(2)14-8-16(28-25-14)20(27)26-6-4-5-12(9-26)15-7-13(18(21)22)17-11(3)24-29-19(17)23-15/h7-8,10,12,18H,4-6,9H2,1-3H3/t12-/m0/s1. The van der Waals surface area contributed by atoms with Crippen LogP contribution in [0.2, 0.25) is 0 Å². The molecular weight excluding hydrogens is 382 g/mol. The van der Waals surface area contributed by atoms with Crippen molar-refractivity contribution < 1.29 is 22.6 Å². The summed E-state index contributed by atoms with van der Waals surface area (Å²) < 4.78 is 37.6. The van der Waals surface area contributed by atoms with Gasteiger partial charge in [-0.3, -0.25) is 4.79 Å². The minimum absolute atomic E-state index is 0.107. The summed E-state index contributed by atoms with van der Waals surface area (Å²) in [4.78, 5) is 18.9. The van der Waals surface area contributed by atoms with E-state index in [0.717, 1.165) is 18.5 Å². The van der Waals surface area contributed by atoms with Crippen LogP contribution in [0.25, 0.3) is 11.1 Å². The van der Waals surface area contributed by atoms with Crippen molar-refractivity contribution in [3.8, 4) is 0 Å². The molecule has 4 heterocycles. The van der Waals surface area contributed by atoms with Gasteiger partial charge in [0.15, 0.2) is 0 Å². The molecule has 0 bridgehead atoms. The fraction of sp³-hybridized carbons (Fsp3) is 0.500. The lowest BCUT2D eigenvalue weighted by Gasteiger charge is -2.32. The van der Waals surface area contributed by atoms with Gasteiger partial charge in [0.25, 0.3) is 18.0 Å². The molecule has 0 spiro atoms. The highest BCUT2D eigenvalue weighted by molar-refractivity contribution is 5.91. The smallest absolute Gasteiger partial charge is 0.292 e. The maximum atomic E-state index is 13.6. The van der Waals surface area contributed by atoms with Crippen LogP contribution in [-0.4, -0.2) is 39.2 Å². The van der Waals surface area contributed by atoms with Crippen LogP contribution in [0.15, 0.2) is 21.2 Å². The number of rotatable bonds is 4. The van der Waals surface area contributed by atoms with Crippen LogP contribution in [0.1, 0.15) is 78.2 Å². The first-order valence-electron chi connectivity index (χ1n) is 9.66. The zero-order valence-corrected chi connectivity index (χ0v) is 16.5. The molecule has 0 aliphatic carbocycles. The number of pyridine rings is 1. The molecule has 1 fully saturated rings. The number of hydrogen-bond acceptors (Lipinski definition) is 6. The molecule has 0 N–H and O–H groups in total. The molecule has 1 atom stereocenters. The Balaban J connectivity index is 1.60. The number of likely N-dealkylation sites (tertiary alicyclic amines) is 1. The van der Waals surface area contributed by atoms with Gasteiger partial charge in [0.2, 0.25) is 5.76 Å². The van der Waals surface area contributed by atoms with Gasteiger partial charge < -0.3 is 13.9 Å². The molecule has 9 heteroatoms. The Morgan fingerprint density at radius 1 is 1.24 bits per heavy atom. The van der Waals surface area contributed by atoms with E-state index in [9.17, 15) is 13.6 Å². The minimum Gasteiger partial charge on any atom is -0.351 e. The molecule has 7 nitrogen and oxygen atoms in total. The van der Waals surface area contributed by atoms with Crippen LogP contribution in [0.3, 0.4) is 0 Å². The average Bonchev–Trinajstić information content (AvgIpc) is 3.34. The van der Waals surface area contributed by atoms with Crippen molar-refractivity contribution >= 4 is 17.0 Å². The van der Waals surface area contributed by atoms with E-state index in [4.69, 9.17) is 9.05 Å². The number of aryl methyl sites for hydroxylation is 1. The van der Waals surface area contributed by atoms with Crippen LogP contribution in [0.5, 0.6) is 0 Å². The van der Waals surface area contributed by atoms with Gasteiger partial charge in [-0.25, -0.2) is 13.8 Å². The molecule has 0 unspecified atom stereocenters. The van der Waals surface area contributed by atoms with Gasteiger partial charge in [-0.05, 0) is 31.7 Å². The van der Waals surface area contributed by atoms with Crippen molar-refractivity contribution in [3.05, 3.63) is 40.5 Å². The SMILES string of the molecule is Cc1noc2nc([C@H]3CCCN(C(=O)c4cc(C(C)C)no4)C3)cc(C(F)F)c12. The van der Waals surface area contributed by atoms with Gasteiger partial charge in [0.1, 0.15) is 0 Å². The molecule has 154 valence electrons. The summed E-state index contributed by atoms with van der Waals surface area (Å²) in [6.45, 7) is 6.49. The van der Waals surface area contributed by atoms with Crippen molar-refractivity contribution in [2.75, 3.05) is 13.1 Å². The van der Waals surface area contributed by atoms with Gasteiger partial charge in [0.05, 0.1) is 16.8 Å². The molecule has 0 aromatic carbocycles. The monoisotopic (exact) mass is 404 g/mol. The fourth-order valence-corrected chi connectivity index (χ4v) is 3.75. The van der Waals surface area contributed by atoms with E-state index in [0.29, 0.717) is 24.5 Å². The molecule has 1 saturated heterocycles. The van der Waals surface area contributed by atoms with Crippen LogP contribution in [0, 0.1) is 6.92 Å². The number of aromatic nitrogens is 3. The van der Waals surface area contributed by atoms with Gasteiger partial charge in [-0.1, -0.05) is 24.2 Å². The van der Waals surface area contributed by atoms with E-state index in [-0.39, 0.29) is 40.2 Å². The highest BCUT2D eigenvalue weighted by Crippen LogP contribution is 2.34. The first kappa shape index (κ1) is 19.5. The molecule has 1 aliphatic rings. The van der Waals surface area contributed by atoms with E-state index in [1.54, 1.807) is 17.9 Å². The summed E-state index contributed by atoms with van der Waals surface area (Å²) in [6.07, 6.45) is -1.19. The lowest BCUT2D eigenvalue weighted by atomic mass is 9.92. The number of amides is 1. The predicted molar refractivity (Wildman–Crippen MR) is 100.0 cm³/mol. The molecule has 4 rings (SSSR count). The molecule has 3 aromatic heterocycles. The third kappa shape index (κ3) is 3.61. The Kier molecular flexibility index (Phi) is 5.06. The number of fused-ring (bicyclic) bond motifs is 1. The Labute approximate surface area is 166 Å². The highest BCUT2D eigenvalue weighted by Gasteiger charge is 2.30. The number of alkyl halides is 2. The van der Waals surface area contributed by atoms with Gasteiger partial charge in [0, 0.05) is 36.3 Å². The molecule has 3 aromatic rings. The third-order valence-corrected chi connectivity index (χ3v) is 5.36. The summed E-state index contributed by atoms with van der Waals surface area (Å²) in [5, 5.41) is 7.97. The van der Waals surface area contributed by atoms with E-state index < -0.39 is 6.43 Å². The van der Waals surface area contributed by atoms with Crippen molar-refractivity contribution in [3.63, 3.8) is 0 Å². The second-order valence-electron chi connectivity index (χ2n) is 7.75. The van der Waals surface area contributed by atoms with Gasteiger partial charge in [-0.15, -0.1) is 0 Å². The number of piperidine rings is 1. The molecule has 1 amide bonds. The Morgan fingerprint density at radius 3 is 2.72 bits per heavy atom. The minimum atomic E-state index is -2.66. The number of nitrogens with zero attached hydrogens (tertiary/aromatic N) is 4. The van der Waals surface area contributed by atoms with Crippen molar-refractivity contribution in [1.82, 2.24) is 20.2 Å². The molecule has 29 heavy (non-hydrogen) atoms. The average molecular weight is 404 g/mol. The Morgan fingerprint density at radius 2 is 2.03 bits per heavy atom. The predicted octanol–water partition coefficient (Wildman–Crippen LogP) is 4.60. The van der Waals surface area contributed by atoms with Crippen LogP contribution < -0.4 is 0 Å². The van der Waals surface area contributed by atoms with Crippen molar-refractivity contribution in [2.45, 2.75) is 51.9 Å². The van der Waals surface area contributed by atoms with Crippen molar-refractivity contribution in [1.29, 1.82) is 0 Å². The summed E-state index contributed by atoms with van der Waals surface area (Å²) in [5.74, 6) is -0.0763. The normalized spacial score (nSPS) is 17.6. The van der Waals surface area contributed by atoms with Gasteiger partial charge in [-0.2, -0.15) is 0 Å². The lowest BCUT2D eigenvalue weighted by Crippen LogP contribution is -2.39. The van der Waals surface area contributed by atoms with Crippen LogP contribution in [0.4, 0.5) is 8.78 Å². The Hall–Kier alpha value is -2.84. The summed E-state index contributed by atoms with van der Waals surface area (Å²) in [5.41, 5.74) is 1.57. The molecule has 0 saturated carbocycles. The van der Waals surface area contributed by atoms with Crippen LogP contribution in [-0.2, 0) is 0 Å². The van der Waals surface area contributed by atoms with E-state index in [1.165, 1.54) is 6.07 Å². The highest BCUT2D eigenvalue weighted by atomic mass is 19.3. The Bertz CT molecular complexity index is 1040. The van der Waals surface area contributed by atoms with Gasteiger partial charge >= 0.3 is 0 Å². The quantitative estimate of drug-likeness (QED) is 0.632. The topological polar surface area (TPSA) is 85.3 Å². The summed E-state index contributed by atoms with van der Waals surface area (Å²) >= 11 is 0. The van der Waals surface area contributed by atoms with E-state index in [2.05, 4.69) is 15.3 Å². The van der Waals surface area contributed by atoms with Crippen molar-refractivity contribution in [2.24, 2.45) is 0 Å².